The minimum absolute atomic E-state index is 0.0190. The summed E-state index contributed by atoms with van der Waals surface area (Å²) in [6, 6.07) is 0. The summed E-state index contributed by atoms with van der Waals surface area (Å²) in [5.74, 6) is -1.33. The number of carbonyl (C=O) groups is 2. The highest BCUT2D eigenvalue weighted by molar-refractivity contribution is 5.97. The topological polar surface area (TPSA) is 63.6 Å². The summed E-state index contributed by atoms with van der Waals surface area (Å²) in [6.45, 7) is 6.75. The minimum Gasteiger partial charge on any atom is -0.462 e. The highest BCUT2D eigenvalue weighted by Gasteiger charge is 2.67. The molecule has 0 amide bonds. The van der Waals surface area contributed by atoms with Crippen molar-refractivity contribution in [1.29, 1.82) is 0 Å². The van der Waals surface area contributed by atoms with Crippen LogP contribution < -0.4 is 0 Å². The van der Waals surface area contributed by atoms with Crippen LogP contribution in [-0.2, 0) is 14.3 Å². The number of ketones is 1. The van der Waals surface area contributed by atoms with Crippen molar-refractivity contribution >= 4 is 11.8 Å². The highest BCUT2D eigenvalue weighted by Crippen LogP contribution is 2.60. The molecule has 0 saturated heterocycles. The van der Waals surface area contributed by atoms with Crippen molar-refractivity contribution in [1.82, 2.24) is 0 Å². The molecule has 0 aromatic heterocycles. The van der Waals surface area contributed by atoms with Crippen LogP contribution in [0.25, 0.3) is 0 Å². The Balaban J connectivity index is 1.98. The molecule has 0 aromatic carbocycles. The molecule has 0 aliphatic heterocycles. The van der Waals surface area contributed by atoms with Crippen LogP contribution in [0.5, 0.6) is 0 Å². The molecule has 0 spiro atoms. The fourth-order valence-electron chi connectivity index (χ4n) is 3.37. The van der Waals surface area contributed by atoms with Gasteiger partial charge in [0.05, 0.1) is 5.92 Å². The number of carbonyl (C=O) groups excluding carboxylic acids is 2. The number of hydrogen-bond donors (Lipinski definition) is 1. The third-order valence-electron chi connectivity index (χ3n) is 4.80. The molecule has 20 heavy (non-hydrogen) atoms. The van der Waals surface area contributed by atoms with Gasteiger partial charge in [0.1, 0.15) is 11.7 Å². The van der Waals surface area contributed by atoms with Crippen LogP contribution in [0.1, 0.15) is 59.8 Å². The van der Waals surface area contributed by atoms with Gasteiger partial charge in [0.15, 0.2) is 5.78 Å². The first-order valence-corrected chi connectivity index (χ1v) is 7.63. The fourth-order valence-corrected chi connectivity index (χ4v) is 3.37. The quantitative estimate of drug-likeness (QED) is 0.805. The van der Waals surface area contributed by atoms with Gasteiger partial charge in [-0.25, -0.2) is 0 Å². The number of ether oxygens (including phenoxy) is 1. The van der Waals surface area contributed by atoms with Crippen LogP contribution >= 0.6 is 0 Å². The lowest BCUT2D eigenvalue weighted by molar-refractivity contribution is -0.154. The lowest BCUT2D eigenvalue weighted by Gasteiger charge is -2.22. The summed E-state index contributed by atoms with van der Waals surface area (Å²) in [6.07, 6.45) is 5.32. The first-order chi connectivity index (χ1) is 9.15. The van der Waals surface area contributed by atoms with Crippen molar-refractivity contribution < 1.29 is 19.4 Å². The Bertz CT molecular complexity index is 399. The van der Waals surface area contributed by atoms with Crippen LogP contribution in [0.15, 0.2) is 0 Å². The van der Waals surface area contributed by atoms with Gasteiger partial charge in [-0.2, -0.15) is 0 Å². The molecular weight excluding hydrogens is 256 g/mol. The van der Waals surface area contributed by atoms with E-state index in [0.29, 0.717) is 0 Å². The van der Waals surface area contributed by atoms with Gasteiger partial charge in [0.2, 0.25) is 0 Å². The van der Waals surface area contributed by atoms with Gasteiger partial charge in [-0.1, -0.05) is 20.3 Å². The van der Waals surface area contributed by atoms with E-state index in [4.69, 9.17) is 4.74 Å². The van der Waals surface area contributed by atoms with Crippen molar-refractivity contribution in [3.05, 3.63) is 0 Å². The maximum absolute atomic E-state index is 12.3. The second-order valence-corrected chi connectivity index (χ2v) is 7.40. The molecule has 2 aliphatic rings. The van der Waals surface area contributed by atoms with Crippen LogP contribution in [0, 0.1) is 17.3 Å². The second kappa shape index (κ2) is 5.14. The first-order valence-electron chi connectivity index (χ1n) is 7.63. The summed E-state index contributed by atoms with van der Waals surface area (Å²) >= 11 is 0. The molecule has 2 aliphatic carbocycles. The molecule has 0 aromatic rings. The summed E-state index contributed by atoms with van der Waals surface area (Å²) in [4.78, 5) is 24.5. The third-order valence-corrected chi connectivity index (χ3v) is 4.80. The molecule has 2 rings (SSSR count). The molecule has 0 heterocycles. The Morgan fingerprint density at radius 3 is 2.15 bits per heavy atom. The molecule has 2 saturated carbocycles. The summed E-state index contributed by atoms with van der Waals surface area (Å²) in [5, 5.41) is 9.85. The van der Waals surface area contributed by atoms with Crippen LogP contribution in [-0.4, -0.2) is 28.6 Å². The van der Waals surface area contributed by atoms with Crippen LogP contribution in [0.4, 0.5) is 0 Å². The van der Waals surface area contributed by atoms with Crippen molar-refractivity contribution in [3.63, 3.8) is 0 Å². The number of hydrogen-bond acceptors (Lipinski definition) is 4. The van der Waals surface area contributed by atoms with E-state index >= 15 is 0 Å². The van der Waals surface area contributed by atoms with E-state index in [2.05, 4.69) is 0 Å². The summed E-state index contributed by atoms with van der Waals surface area (Å²) < 4.78 is 5.57. The summed E-state index contributed by atoms with van der Waals surface area (Å²) in [5.41, 5.74) is -1.79. The predicted molar refractivity (Wildman–Crippen MR) is 75.0 cm³/mol. The average molecular weight is 282 g/mol. The van der Waals surface area contributed by atoms with Gasteiger partial charge in [-0.15, -0.1) is 0 Å². The number of Topliss-reactive ketones (excluding diaryl/α,β-unsaturated/α-hetero) is 1. The SMILES string of the molecule is CC(C)(O)C(=O)C1C(C(=O)OC2CCCCC2)C1(C)C. The minimum atomic E-state index is -1.39. The molecule has 2 atom stereocenters. The third kappa shape index (κ3) is 2.90. The zero-order chi connectivity index (χ0) is 15.1. The van der Waals surface area contributed by atoms with Gasteiger partial charge in [0, 0.05) is 5.92 Å². The van der Waals surface area contributed by atoms with Crippen LogP contribution in [0.3, 0.4) is 0 Å². The van der Waals surface area contributed by atoms with E-state index in [0.717, 1.165) is 25.7 Å². The smallest absolute Gasteiger partial charge is 0.310 e. The Kier molecular flexibility index (Phi) is 3.98. The number of aliphatic hydroxyl groups is 1. The fraction of sp³-hybridized carbons (Fsp3) is 0.875. The highest BCUT2D eigenvalue weighted by atomic mass is 16.5. The van der Waals surface area contributed by atoms with Gasteiger partial charge in [0.25, 0.3) is 0 Å². The lowest BCUT2D eigenvalue weighted by atomic mass is 9.95. The molecule has 1 N–H and O–H groups in total. The molecule has 114 valence electrons. The van der Waals surface area contributed by atoms with Gasteiger partial charge in [-0.3, -0.25) is 9.59 Å². The van der Waals surface area contributed by atoms with E-state index < -0.39 is 22.9 Å². The number of rotatable bonds is 4. The number of esters is 1. The second-order valence-electron chi connectivity index (χ2n) is 7.40. The van der Waals surface area contributed by atoms with E-state index in [1.807, 2.05) is 13.8 Å². The molecule has 2 fully saturated rings. The molecule has 0 bridgehead atoms. The maximum Gasteiger partial charge on any atom is 0.310 e. The molecule has 4 nitrogen and oxygen atoms in total. The van der Waals surface area contributed by atoms with Gasteiger partial charge < -0.3 is 9.84 Å². The molecule has 2 unspecified atom stereocenters. The Hall–Kier alpha value is -0.900. The van der Waals surface area contributed by atoms with E-state index in [-0.39, 0.29) is 17.9 Å². The average Bonchev–Trinajstić information content (AvgIpc) is 2.91. The first kappa shape index (κ1) is 15.5. The Morgan fingerprint density at radius 1 is 1.10 bits per heavy atom. The maximum atomic E-state index is 12.3. The molecular formula is C16H26O4. The molecule has 0 radical (unpaired) electrons. The zero-order valence-electron chi connectivity index (χ0n) is 12.9. The Labute approximate surface area is 120 Å². The summed E-state index contributed by atoms with van der Waals surface area (Å²) in [7, 11) is 0. The zero-order valence-corrected chi connectivity index (χ0v) is 12.9. The normalized spacial score (nSPS) is 29.9. The van der Waals surface area contributed by atoms with Crippen molar-refractivity contribution in [2.45, 2.75) is 71.5 Å². The monoisotopic (exact) mass is 282 g/mol. The Morgan fingerprint density at radius 2 is 1.65 bits per heavy atom. The predicted octanol–water partition coefficient (Wildman–Crippen LogP) is 2.47. The van der Waals surface area contributed by atoms with E-state index in [9.17, 15) is 14.7 Å². The van der Waals surface area contributed by atoms with Gasteiger partial charge in [-0.05, 0) is 44.9 Å². The van der Waals surface area contributed by atoms with Crippen LogP contribution in [0.2, 0.25) is 0 Å². The van der Waals surface area contributed by atoms with Crippen molar-refractivity contribution in [2.24, 2.45) is 17.3 Å². The lowest BCUT2D eigenvalue weighted by Crippen LogP contribution is -2.34. The van der Waals surface area contributed by atoms with Gasteiger partial charge >= 0.3 is 5.97 Å². The molecule has 4 heteroatoms. The largest absolute Gasteiger partial charge is 0.462 e. The van der Waals surface area contributed by atoms with E-state index in [1.54, 1.807) is 0 Å². The standard InChI is InChI=1S/C16H26O4/c1-15(2)11(13(17)16(3,4)19)12(15)14(18)20-10-8-6-5-7-9-10/h10-12,19H,5-9H2,1-4H3. The van der Waals surface area contributed by atoms with Crippen molar-refractivity contribution in [2.75, 3.05) is 0 Å². The van der Waals surface area contributed by atoms with Crippen molar-refractivity contribution in [3.8, 4) is 0 Å². The van der Waals surface area contributed by atoms with E-state index in [1.165, 1.54) is 20.3 Å².